The van der Waals surface area contributed by atoms with E-state index in [4.69, 9.17) is 9.52 Å². The van der Waals surface area contributed by atoms with Crippen LogP contribution in [0.2, 0.25) is 0 Å². The molecule has 0 aromatic carbocycles. The van der Waals surface area contributed by atoms with E-state index in [1.807, 2.05) is 18.2 Å². The molecule has 0 spiro atoms. The Bertz CT molecular complexity index is 307. The molecule has 1 aromatic heterocycles. The summed E-state index contributed by atoms with van der Waals surface area (Å²) in [6.07, 6.45) is 12.5. The maximum Gasteiger partial charge on any atom is 0.0934 e. The molecule has 1 rings (SSSR count). The molecule has 0 saturated carbocycles. The molecule has 0 fully saturated rings. The molecule has 1 aromatic rings. The third-order valence-electron chi connectivity index (χ3n) is 2.24. The summed E-state index contributed by atoms with van der Waals surface area (Å²) in [5.74, 6) is 0. The van der Waals surface area contributed by atoms with E-state index in [2.05, 4.69) is 6.92 Å². The third kappa shape index (κ3) is 5.23. The van der Waals surface area contributed by atoms with E-state index in [0.717, 1.165) is 19.3 Å². The van der Waals surface area contributed by atoms with E-state index < -0.39 is 0 Å². The van der Waals surface area contributed by atoms with Gasteiger partial charge < -0.3 is 9.52 Å². The van der Waals surface area contributed by atoms with Gasteiger partial charge in [0.25, 0.3) is 0 Å². The first-order chi connectivity index (χ1) is 7.33. The van der Waals surface area contributed by atoms with Gasteiger partial charge in [0.1, 0.15) is 0 Å². The normalized spacial score (nSPS) is 12.5. The highest BCUT2D eigenvalue weighted by Gasteiger charge is 1.94. The quantitative estimate of drug-likeness (QED) is 0.725. The predicted octanol–water partition coefficient (Wildman–Crippen LogP) is 3.10. The van der Waals surface area contributed by atoms with E-state index in [0.29, 0.717) is 0 Å². The highest BCUT2D eigenvalue weighted by atomic mass is 16.3. The Labute approximate surface area is 90.9 Å². The second-order valence-corrected chi connectivity index (χ2v) is 3.61. The molecule has 0 unspecified atom stereocenters. The van der Waals surface area contributed by atoms with E-state index in [1.54, 1.807) is 18.6 Å². The third-order valence-corrected chi connectivity index (χ3v) is 2.24. The van der Waals surface area contributed by atoms with Gasteiger partial charge in [-0.05, 0) is 37.8 Å². The molecular formula is C13H18O2. The predicted molar refractivity (Wildman–Crippen MR) is 61.6 cm³/mol. The first kappa shape index (κ1) is 11.8. The zero-order chi connectivity index (χ0) is 10.9. The van der Waals surface area contributed by atoms with Crippen LogP contribution in [0.25, 0.3) is 0 Å². The molecule has 2 heteroatoms. The molecule has 2 nitrogen and oxygen atoms in total. The Balaban J connectivity index is 2.19. The van der Waals surface area contributed by atoms with Gasteiger partial charge in [0.2, 0.25) is 0 Å². The first-order valence-corrected chi connectivity index (χ1v) is 5.27. The summed E-state index contributed by atoms with van der Waals surface area (Å²) in [5.41, 5.74) is 2.59. The van der Waals surface area contributed by atoms with Crippen molar-refractivity contribution in [1.29, 1.82) is 0 Å². The largest absolute Gasteiger partial charge is 0.472 e. The maximum absolute atomic E-state index is 8.55. The number of rotatable bonds is 6. The molecule has 0 bridgehead atoms. The fourth-order valence-corrected chi connectivity index (χ4v) is 1.38. The van der Waals surface area contributed by atoms with Gasteiger partial charge in [0.15, 0.2) is 0 Å². The average Bonchev–Trinajstić information content (AvgIpc) is 2.71. The van der Waals surface area contributed by atoms with Gasteiger partial charge in [-0.3, -0.25) is 0 Å². The Morgan fingerprint density at radius 3 is 3.07 bits per heavy atom. The van der Waals surface area contributed by atoms with Crippen LogP contribution in [0.1, 0.15) is 25.3 Å². The first-order valence-electron chi connectivity index (χ1n) is 5.27. The molecule has 0 aliphatic rings. The molecule has 0 saturated heterocycles. The van der Waals surface area contributed by atoms with Gasteiger partial charge >= 0.3 is 0 Å². The molecule has 15 heavy (non-hydrogen) atoms. The van der Waals surface area contributed by atoms with Crippen molar-refractivity contribution in [3.8, 4) is 0 Å². The van der Waals surface area contributed by atoms with Crippen molar-refractivity contribution < 1.29 is 9.52 Å². The van der Waals surface area contributed by atoms with Gasteiger partial charge in [-0.25, -0.2) is 0 Å². The summed E-state index contributed by atoms with van der Waals surface area (Å²) in [6, 6.07) is 2.00. The lowest BCUT2D eigenvalue weighted by molar-refractivity contribution is 0.343. The van der Waals surface area contributed by atoms with Gasteiger partial charge in [0.05, 0.1) is 19.1 Å². The highest BCUT2D eigenvalue weighted by Crippen LogP contribution is 2.10. The van der Waals surface area contributed by atoms with Crippen LogP contribution in [0.4, 0.5) is 0 Å². The lowest BCUT2D eigenvalue weighted by Crippen LogP contribution is -1.83. The summed E-state index contributed by atoms with van der Waals surface area (Å²) < 4.78 is 5.00. The van der Waals surface area contributed by atoms with Gasteiger partial charge in [0, 0.05) is 0 Å². The minimum Gasteiger partial charge on any atom is -0.472 e. The number of furan rings is 1. The summed E-state index contributed by atoms with van der Waals surface area (Å²) >= 11 is 0. The van der Waals surface area contributed by atoms with Crippen molar-refractivity contribution in [3.05, 3.63) is 48.0 Å². The Kier molecular flexibility index (Phi) is 5.56. The second-order valence-electron chi connectivity index (χ2n) is 3.61. The summed E-state index contributed by atoms with van der Waals surface area (Å²) in [4.78, 5) is 0. The van der Waals surface area contributed by atoms with Gasteiger partial charge in [-0.2, -0.15) is 0 Å². The molecule has 0 amide bonds. The maximum atomic E-state index is 8.55. The van der Waals surface area contributed by atoms with Crippen LogP contribution in [0.3, 0.4) is 0 Å². The fourth-order valence-electron chi connectivity index (χ4n) is 1.38. The number of aliphatic hydroxyl groups is 1. The summed E-state index contributed by atoms with van der Waals surface area (Å²) in [5, 5.41) is 8.55. The van der Waals surface area contributed by atoms with Crippen LogP contribution in [0, 0.1) is 0 Å². The number of hydrogen-bond donors (Lipinski definition) is 1. The lowest BCUT2D eigenvalue weighted by atomic mass is 10.1. The average molecular weight is 206 g/mol. The van der Waals surface area contributed by atoms with Crippen molar-refractivity contribution >= 4 is 0 Å². The Morgan fingerprint density at radius 1 is 1.53 bits per heavy atom. The molecule has 0 aliphatic heterocycles. The van der Waals surface area contributed by atoms with Crippen LogP contribution in [0.5, 0.6) is 0 Å². The minimum absolute atomic E-state index is 0.110. The van der Waals surface area contributed by atoms with Crippen LogP contribution in [-0.2, 0) is 6.42 Å². The standard InChI is InChI=1S/C13H18O2/c1-12(5-2-3-9-14)6-4-7-13-8-10-15-11-13/h2-3,5,8,10-11,14H,4,6-7,9H2,1H3/b3-2+,12-5+. The van der Waals surface area contributed by atoms with Crippen molar-refractivity contribution in [2.24, 2.45) is 0 Å². The van der Waals surface area contributed by atoms with Crippen molar-refractivity contribution in [2.75, 3.05) is 6.61 Å². The lowest BCUT2D eigenvalue weighted by Gasteiger charge is -1.98. The zero-order valence-corrected chi connectivity index (χ0v) is 9.15. The topological polar surface area (TPSA) is 33.4 Å². The second kappa shape index (κ2) is 7.07. The summed E-state index contributed by atoms with van der Waals surface area (Å²) in [6.45, 7) is 2.22. The van der Waals surface area contributed by atoms with Crippen molar-refractivity contribution in [1.82, 2.24) is 0 Å². The molecule has 0 atom stereocenters. The van der Waals surface area contributed by atoms with Gasteiger partial charge in [-0.1, -0.05) is 23.8 Å². The highest BCUT2D eigenvalue weighted by molar-refractivity contribution is 5.11. The van der Waals surface area contributed by atoms with E-state index in [-0.39, 0.29) is 6.61 Å². The van der Waals surface area contributed by atoms with Crippen LogP contribution in [-0.4, -0.2) is 11.7 Å². The number of hydrogen-bond acceptors (Lipinski definition) is 2. The number of aryl methyl sites for hydroxylation is 1. The monoisotopic (exact) mass is 206 g/mol. The molecule has 0 radical (unpaired) electrons. The molecule has 0 aliphatic carbocycles. The number of aliphatic hydroxyl groups excluding tert-OH is 1. The molecule has 82 valence electrons. The molecular weight excluding hydrogens is 188 g/mol. The van der Waals surface area contributed by atoms with E-state index in [9.17, 15) is 0 Å². The van der Waals surface area contributed by atoms with Crippen LogP contribution in [0.15, 0.2) is 46.8 Å². The van der Waals surface area contributed by atoms with E-state index >= 15 is 0 Å². The van der Waals surface area contributed by atoms with Crippen molar-refractivity contribution in [3.63, 3.8) is 0 Å². The summed E-state index contributed by atoms with van der Waals surface area (Å²) in [7, 11) is 0. The van der Waals surface area contributed by atoms with Crippen molar-refractivity contribution in [2.45, 2.75) is 26.2 Å². The molecule has 1 N–H and O–H groups in total. The fraction of sp³-hybridized carbons (Fsp3) is 0.385. The Hall–Kier alpha value is -1.28. The minimum atomic E-state index is 0.110. The number of allylic oxidation sites excluding steroid dienone is 3. The Morgan fingerprint density at radius 2 is 2.40 bits per heavy atom. The zero-order valence-electron chi connectivity index (χ0n) is 9.15. The molecule has 1 heterocycles. The van der Waals surface area contributed by atoms with Gasteiger partial charge in [-0.15, -0.1) is 0 Å². The SMILES string of the molecule is C/C(=C\C=C\CO)CCCc1ccoc1. The van der Waals surface area contributed by atoms with E-state index in [1.165, 1.54) is 11.1 Å². The van der Waals surface area contributed by atoms with Crippen LogP contribution >= 0.6 is 0 Å². The smallest absolute Gasteiger partial charge is 0.0934 e. The van der Waals surface area contributed by atoms with Crippen LogP contribution < -0.4 is 0 Å².